The van der Waals surface area contributed by atoms with E-state index in [-0.39, 0.29) is 21.8 Å². The highest BCUT2D eigenvalue weighted by atomic mass is 35.5. The third-order valence-electron chi connectivity index (χ3n) is 4.58. The van der Waals surface area contributed by atoms with Crippen molar-refractivity contribution >= 4 is 40.1 Å². The van der Waals surface area contributed by atoms with Crippen molar-refractivity contribution in [2.24, 2.45) is 10.4 Å². The van der Waals surface area contributed by atoms with E-state index < -0.39 is 11.6 Å². The van der Waals surface area contributed by atoms with Crippen LogP contribution < -0.4 is 10.8 Å². The lowest BCUT2D eigenvalue weighted by molar-refractivity contribution is 0.235. The van der Waals surface area contributed by atoms with Crippen molar-refractivity contribution in [3.05, 3.63) is 52.6 Å². The topological polar surface area (TPSA) is 88.6 Å². The summed E-state index contributed by atoms with van der Waals surface area (Å²) in [5.74, 6) is -0.673. The monoisotopic (exact) mass is 450 g/mol. The van der Waals surface area contributed by atoms with Crippen LogP contribution in [0, 0.1) is 17.0 Å². The summed E-state index contributed by atoms with van der Waals surface area (Å²) in [6.07, 6.45) is 0. The van der Waals surface area contributed by atoms with Gasteiger partial charge in [0.15, 0.2) is 11.7 Å². The van der Waals surface area contributed by atoms with Crippen LogP contribution in [-0.2, 0) is 0 Å². The van der Waals surface area contributed by atoms with Crippen molar-refractivity contribution in [2.75, 3.05) is 32.5 Å². The number of rotatable bonds is 7. The second kappa shape index (κ2) is 9.17. The van der Waals surface area contributed by atoms with E-state index in [0.29, 0.717) is 29.3 Å². The zero-order chi connectivity index (χ0) is 22.8. The van der Waals surface area contributed by atoms with Crippen molar-refractivity contribution < 1.29 is 14.0 Å². The van der Waals surface area contributed by atoms with E-state index in [9.17, 15) is 14.0 Å². The first-order chi connectivity index (χ1) is 14.6. The number of benzene rings is 2. The minimum atomic E-state index is -0.579. The number of aromatic amines is 1. The normalized spacial score (nSPS) is 12.6. The molecule has 1 aromatic heterocycles. The average molecular weight is 451 g/mol. The number of fused-ring (bicyclic) bond motifs is 1. The zero-order valence-electron chi connectivity index (χ0n) is 17.7. The standard InChI is InChI=1S/C21H25ClF2N6O/c1-21(2,11-30(3)4)10-25-20-27-17-13(6-8-16(24)18(17)28-20)19(29-31)26-12-5-7-15(23)14(22)9-12/h5-9,31H,10-11H2,1-4H3,(H,26,29)(H2,25,27,28). The Balaban J connectivity index is 1.96. The molecule has 0 saturated heterocycles. The first-order valence-corrected chi connectivity index (χ1v) is 9.98. The maximum absolute atomic E-state index is 14.4. The summed E-state index contributed by atoms with van der Waals surface area (Å²) < 4.78 is 27.8. The van der Waals surface area contributed by atoms with Crippen molar-refractivity contribution in [2.45, 2.75) is 13.8 Å². The molecule has 0 spiro atoms. The van der Waals surface area contributed by atoms with Gasteiger partial charge in [-0.15, -0.1) is 0 Å². The van der Waals surface area contributed by atoms with Crippen LogP contribution in [-0.4, -0.2) is 53.1 Å². The summed E-state index contributed by atoms with van der Waals surface area (Å²) >= 11 is 5.80. The molecular formula is C21H25ClF2N6O. The molecule has 0 amide bonds. The number of hydroxylamine groups is 1. The Morgan fingerprint density at radius 3 is 2.58 bits per heavy atom. The number of hydrogen-bond acceptors (Lipinski definition) is 5. The molecule has 3 aromatic rings. The lowest BCUT2D eigenvalue weighted by Crippen LogP contribution is -2.34. The van der Waals surface area contributed by atoms with E-state index in [0.717, 1.165) is 6.54 Å². The van der Waals surface area contributed by atoms with Crippen molar-refractivity contribution in [3.63, 3.8) is 0 Å². The van der Waals surface area contributed by atoms with E-state index in [4.69, 9.17) is 11.6 Å². The smallest absolute Gasteiger partial charge is 0.201 e. The molecule has 3 rings (SSSR count). The first-order valence-electron chi connectivity index (χ1n) is 9.61. The lowest BCUT2D eigenvalue weighted by atomic mass is 9.93. The molecule has 31 heavy (non-hydrogen) atoms. The van der Waals surface area contributed by atoms with Gasteiger partial charge in [-0.05, 0) is 49.8 Å². The summed E-state index contributed by atoms with van der Waals surface area (Å²) in [6, 6.07) is 6.60. The molecule has 0 fully saturated rings. The Bertz CT molecular complexity index is 1110. The highest BCUT2D eigenvalue weighted by Crippen LogP contribution is 2.26. The van der Waals surface area contributed by atoms with Gasteiger partial charge in [0.2, 0.25) is 5.95 Å². The van der Waals surface area contributed by atoms with Gasteiger partial charge in [-0.25, -0.2) is 18.8 Å². The van der Waals surface area contributed by atoms with Crippen LogP contribution in [0.4, 0.5) is 20.4 Å². The molecule has 166 valence electrons. The van der Waals surface area contributed by atoms with Crippen molar-refractivity contribution in [1.82, 2.24) is 20.3 Å². The zero-order valence-corrected chi connectivity index (χ0v) is 18.5. The molecule has 1 heterocycles. The number of imidazole rings is 1. The van der Waals surface area contributed by atoms with E-state index in [2.05, 4.69) is 39.0 Å². The van der Waals surface area contributed by atoms with Gasteiger partial charge in [0.05, 0.1) is 16.2 Å². The molecule has 4 N–H and O–H groups in total. The van der Waals surface area contributed by atoms with Gasteiger partial charge in [0.25, 0.3) is 0 Å². The van der Waals surface area contributed by atoms with Gasteiger partial charge in [-0.2, -0.15) is 0 Å². The van der Waals surface area contributed by atoms with Crippen LogP contribution in [0.25, 0.3) is 11.0 Å². The van der Waals surface area contributed by atoms with Crippen LogP contribution >= 0.6 is 11.6 Å². The van der Waals surface area contributed by atoms with Crippen LogP contribution in [0.2, 0.25) is 5.02 Å². The predicted octanol–water partition coefficient (Wildman–Crippen LogP) is 4.55. The Hall–Kier alpha value is -2.75. The number of amidine groups is 1. The number of aromatic nitrogens is 2. The minimum Gasteiger partial charge on any atom is -0.355 e. The maximum Gasteiger partial charge on any atom is 0.201 e. The third kappa shape index (κ3) is 5.49. The Kier molecular flexibility index (Phi) is 6.78. The van der Waals surface area contributed by atoms with Gasteiger partial charge >= 0.3 is 0 Å². The quantitative estimate of drug-likeness (QED) is 0.241. The van der Waals surface area contributed by atoms with Gasteiger partial charge < -0.3 is 15.2 Å². The predicted molar refractivity (Wildman–Crippen MR) is 119 cm³/mol. The van der Waals surface area contributed by atoms with Crippen LogP contribution in [0.1, 0.15) is 19.4 Å². The molecule has 0 aliphatic rings. The maximum atomic E-state index is 14.4. The van der Waals surface area contributed by atoms with E-state index in [1.54, 1.807) is 0 Å². The number of aliphatic imine (C=N–C) groups is 1. The summed E-state index contributed by atoms with van der Waals surface area (Å²) in [6.45, 7) is 5.69. The Morgan fingerprint density at radius 2 is 1.94 bits per heavy atom. The van der Waals surface area contributed by atoms with Crippen molar-refractivity contribution in [3.8, 4) is 0 Å². The number of nitrogens with one attached hydrogen (secondary N) is 3. The summed E-state index contributed by atoms with van der Waals surface area (Å²) in [7, 11) is 4.00. The van der Waals surface area contributed by atoms with E-state index >= 15 is 0 Å². The number of hydrogen-bond donors (Lipinski definition) is 4. The van der Waals surface area contributed by atoms with Gasteiger partial charge in [-0.1, -0.05) is 25.4 Å². The Labute approximate surface area is 184 Å². The Morgan fingerprint density at radius 1 is 1.23 bits per heavy atom. The van der Waals surface area contributed by atoms with Crippen molar-refractivity contribution in [1.29, 1.82) is 0 Å². The number of H-pyrrole nitrogens is 1. The second-order valence-electron chi connectivity index (χ2n) is 8.33. The summed E-state index contributed by atoms with van der Waals surface area (Å²) in [5, 5.41) is 12.8. The highest BCUT2D eigenvalue weighted by molar-refractivity contribution is 6.31. The molecule has 10 heteroatoms. The molecule has 0 aliphatic carbocycles. The fraction of sp³-hybridized carbons (Fsp3) is 0.333. The fourth-order valence-electron chi connectivity index (χ4n) is 3.40. The van der Waals surface area contributed by atoms with Gasteiger partial charge in [0, 0.05) is 18.7 Å². The number of anilines is 1. The van der Waals surface area contributed by atoms with Gasteiger partial charge in [-0.3, -0.25) is 10.7 Å². The summed E-state index contributed by atoms with van der Waals surface area (Å²) in [4.78, 5) is 13.7. The second-order valence-corrected chi connectivity index (χ2v) is 8.74. The number of nitrogens with zero attached hydrogens (tertiary/aromatic N) is 3. The molecule has 0 unspecified atom stereocenters. The van der Waals surface area contributed by atoms with Gasteiger partial charge in [0.1, 0.15) is 11.3 Å². The fourth-order valence-corrected chi connectivity index (χ4v) is 3.58. The van der Waals surface area contributed by atoms with E-state index in [1.165, 1.54) is 30.3 Å². The molecule has 0 radical (unpaired) electrons. The average Bonchev–Trinajstić information content (AvgIpc) is 3.12. The highest BCUT2D eigenvalue weighted by Gasteiger charge is 2.21. The minimum absolute atomic E-state index is 0.0239. The molecule has 0 aliphatic heterocycles. The molecule has 2 aromatic carbocycles. The molecule has 0 bridgehead atoms. The first kappa shape index (κ1) is 22.9. The largest absolute Gasteiger partial charge is 0.355 e. The van der Waals surface area contributed by atoms with E-state index in [1.807, 2.05) is 19.6 Å². The molecule has 0 saturated carbocycles. The molecular weight excluding hydrogens is 426 g/mol. The number of halogens is 3. The third-order valence-corrected chi connectivity index (χ3v) is 4.87. The van der Waals surface area contributed by atoms with Crippen LogP contribution in [0.5, 0.6) is 0 Å². The molecule has 7 nitrogen and oxygen atoms in total. The molecule has 0 atom stereocenters. The van der Waals surface area contributed by atoms with Crippen LogP contribution in [0.15, 0.2) is 35.3 Å². The lowest BCUT2D eigenvalue weighted by Gasteiger charge is -2.28. The van der Waals surface area contributed by atoms with Crippen LogP contribution in [0.3, 0.4) is 0 Å². The SMILES string of the molecule is CN(C)CC(C)(C)CNc1nc2c(F)ccc(C(=Nc3ccc(F)c(Cl)c3)NO)c2[nH]1. The summed E-state index contributed by atoms with van der Waals surface area (Å²) in [5.41, 5.74) is 3.11.